The number of likely N-dealkylation sites (tertiary alicyclic amines) is 1. The predicted molar refractivity (Wildman–Crippen MR) is 120 cm³/mol. The third-order valence-electron chi connectivity index (χ3n) is 5.57. The van der Waals surface area contributed by atoms with E-state index in [2.05, 4.69) is 4.57 Å². The van der Waals surface area contributed by atoms with Gasteiger partial charge in [0.2, 0.25) is 5.91 Å². The molecule has 2 heterocycles. The molecule has 0 unspecified atom stereocenters. The maximum atomic E-state index is 12.8. The predicted octanol–water partition coefficient (Wildman–Crippen LogP) is 3.54. The highest BCUT2D eigenvalue weighted by Crippen LogP contribution is 2.29. The number of hydrogen-bond acceptors (Lipinski definition) is 6. The molecule has 0 bridgehead atoms. The quantitative estimate of drug-likeness (QED) is 0.432. The summed E-state index contributed by atoms with van der Waals surface area (Å²) in [6.45, 7) is 1.15. The Morgan fingerprint density at radius 3 is 2.45 bits per heavy atom. The van der Waals surface area contributed by atoms with Crippen molar-refractivity contribution >= 4 is 34.7 Å². The van der Waals surface area contributed by atoms with E-state index >= 15 is 0 Å². The monoisotopic (exact) mass is 439 g/mol. The molecule has 1 fully saturated rings. The Hall–Kier alpha value is -3.00. The number of amides is 1. The lowest BCUT2D eigenvalue weighted by Crippen LogP contribution is -2.41. The molecule has 1 aromatic heterocycles. The average molecular weight is 440 g/mol. The Bertz CT molecular complexity index is 1070. The number of carbonyl (C=O) groups excluding carboxylic acids is 2. The molecule has 7 nitrogen and oxygen atoms in total. The zero-order valence-electron chi connectivity index (χ0n) is 17.6. The zero-order valence-corrected chi connectivity index (χ0v) is 18.4. The number of rotatable bonds is 6. The summed E-state index contributed by atoms with van der Waals surface area (Å²) in [6, 6.07) is 15.7. The molecule has 0 saturated carbocycles. The summed E-state index contributed by atoms with van der Waals surface area (Å²) >= 11 is 1.43. The SMILES string of the molecule is COC(=O)C1CCN(C(=O)CSc2nc3ccccc3n2-c2ccc(OC)cc2)CC1. The third kappa shape index (κ3) is 4.54. The third-order valence-corrected chi connectivity index (χ3v) is 6.49. The lowest BCUT2D eigenvalue weighted by atomic mass is 9.97. The second-order valence-electron chi connectivity index (χ2n) is 7.38. The minimum Gasteiger partial charge on any atom is -0.497 e. The topological polar surface area (TPSA) is 73.7 Å². The van der Waals surface area contributed by atoms with E-state index in [4.69, 9.17) is 14.5 Å². The average Bonchev–Trinajstić information content (AvgIpc) is 3.20. The minimum atomic E-state index is -0.185. The van der Waals surface area contributed by atoms with E-state index < -0.39 is 0 Å². The number of benzene rings is 2. The number of aromatic nitrogens is 2. The van der Waals surface area contributed by atoms with Gasteiger partial charge in [-0.05, 0) is 49.2 Å². The van der Waals surface area contributed by atoms with E-state index in [1.54, 1.807) is 7.11 Å². The van der Waals surface area contributed by atoms with Crippen LogP contribution in [0.3, 0.4) is 0 Å². The van der Waals surface area contributed by atoms with Crippen molar-refractivity contribution in [1.29, 1.82) is 0 Å². The van der Waals surface area contributed by atoms with Crippen LogP contribution in [0.1, 0.15) is 12.8 Å². The number of ether oxygens (including phenoxy) is 2. The van der Waals surface area contributed by atoms with Crippen molar-refractivity contribution in [3.05, 3.63) is 48.5 Å². The van der Waals surface area contributed by atoms with Crippen LogP contribution < -0.4 is 4.74 Å². The van der Waals surface area contributed by atoms with Gasteiger partial charge in [0.05, 0.1) is 36.9 Å². The molecule has 0 aliphatic carbocycles. The van der Waals surface area contributed by atoms with Crippen molar-refractivity contribution in [2.24, 2.45) is 5.92 Å². The van der Waals surface area contributed by atoms with Crippen molar-refractivity contribution in [3.63, 3.8) is 0 Å². The molecule has 0 radical (unpaired) electrons. The van der Waals surface area contributed by atoms with Crippen LogP contribution in [0.4, 0.5) is 0 Å². The van der Waals surface area contributed by atoms with E-state index in [1.165, 1.54) is 18.9 Å². The Morgan fingerprint density at radius 2 is 1.77 bits per heavy atom. The maximum Gasteiger partial charge on any atom is 0.308 e. The van der Waals surface area contributed by atoms with E-state index in [0.717, 1.165) is 27.6 Å². The van der Waals surface area contributed by atoms with Gasteiger partial charge in [0.25, 0.3) is 0 Å². The Morgan fingerprint density at radius 1 is 1.06 bits per heavy atom. The molecule has 0 atom stereocenters. The van der Waals surface area contributed by atoms with E-state index in [9.17, 15) is 9.59 Å². The summed E-state index contributed by atoms with van der Waals surface area (Å²) in [5.74, 6) is 0.841. The fourth-order valence-electron chi connectivity index (χ4n) is 3.83. The number of para-hydroxylation sites is 2. The molecule has 2 aromatic carbocycles. The van der Waals surface area contributed by atoms with Crippen LogP contribution in [-0.2, 0) is 14.3 Å². The van der Waals surface area contributed by atoms with Crippen molar-refractivity contribution in [1.82, 2.24) is 14.5 Å². The molecule has 162 valence electrons. The molecule has 1 aliphatic heterocycles. The first-order valence-corrected chi connectivity index (χ1v) is 11.2. The Labute approximate surface area is 185 Å². The first kappa shape index (κ1) is 21.2. The van der Waals surface area contributed by atoms with Crippen molar-refractivity contribution in [2.45, 2.75) is 18.0 Å². The number of esters is 1. The van der Waals surface area contributed by atoms with Crippen molar-refractivity contribution in [2.75, 3.05) is 33.1 Å². The lowest BCUT2D eigenvalue weighted by Gasteiger charge is -2.30. The van der Waals surface area contributed by atoms with E-state index in [0.29, 0.717) is 31.7 Å². The summed E-state index contributed by atoms with van der Waals surface area (Å²) in [5, 5.41) is 0.768. The molecule has 0 N–H and O–H groups in total. The number of nitrogens with zero attached hydrogens (tertiary/aromatic N) is 3. The maximum absolute atomic E-state index is 12.8. The second kappa shape index (κ2) is 9.43. The van der Waals surface area contributed by atoms with Crippen molar-refractivity contribution in [3.8, 4) is 11.4 Å². The molecule has 8 heteroatoms. The van der Waals surface area contributed by atoms with E-state index in [1.807, 2.05) is 53.4 Å². The molecule has 1 aliphatic rings. The molecule has 4 rings (SSSR count). The number of imidazole rings is 1. The minimum absolute atomic E-state index is 0.0571. The standard InChI is InChI=1S/C23H25N3O4S/c1-29-18-9-7-17(8-10-18)26-20-6-4-3-5-19(20)24-23(26)31-15-21(27)25-13-11-16(12-14-25)22(28)30-2/h3-10,16H,11-15H2,1-2H3. The highest BCUT2D eigenvalue weighted by atomic mass is 32.2. The molecule has 3 aromatic rings. The van der Waals surface area contributed by atoms with Gasteiger partial charge in [-0.2, -0.15) is 0 Å². The number of methoxy groups -OCH3 is 2. The zero-order chi connectivity index (χ0) is 21.8. The van der Waals surface area contributed by atoms with Crippen LogP contribution in [-0.4, -0.2) is 59.4 Å². The smallest absolute Gasteiger partial charge is 0.308 e. The summed E-state index contributed by atoms with van der Waals surface area (Å²) in [4.78, 5) is 31.1. The highest BCUT2D eigenvalue weighted by Gasteiger charge is 2.28. The normalized spacial score (nSPS) is 14.6. The van der Waals surface area contributed by atoms with Gasteiger partial charge in [-0.25, -0.2) is 4.98 Å². The first-order chi connectivity index (χ1) is 15.1. The number of thioether (sulfide) groups is 1. The summed E-state index contributed by atoms with van der Waals surface area (Å²) < 4.78 is 12.2. The summed E-state index contributed by atoms with van der Waals surface area (Å²) in [6.07, 6.45) is 1.29. The second-order valence-corrected chi connectivity index (χ2v) is 8.33. The molecule has 0 spiro atoms. The van der Waals surface area contributed by atoms with Gasteiger partial charge in [-0.3, -0.25) is 14.2 Å². The fourth-order valence-corrected chi connectivity index (χ4v) is 4.76. The Kier molecular flexibility index (Phi) is 6.46. The fraction of sp³-hybridized carbons (Fsp3) is 0.348. The van der Waals surface area contributed by atoms with Crippen LogP contribution in [0.5, 0.6) is 5.75 Å². The largest absolute Gasteiger partial charge is 0.497 e. The van der Waals surface area contributed by atoms with Gasteiger partial charge >= 0.3 is 5.97 Å². The summed E-state index contributed by atoms with van der Waals surface area (Å²) in [7, 11) is 3.05. The van der Waals surface area contributed by atoms with E-state index in [-0.39, 0.29) is 17.8 Å². The molecular weight excluding hydrogens is 414 g/mol. The van der Waals surface area contributed by atoms with Gasteiger partial charge in [0, 0.05) is 18.8 Å². The van der Waals surface area contributed by atoms with Crippen LogP contribution in [0.15, 0.2) is 53.7 Å². The molecule has 31 heavy (non-hydrogen) atoms. The van der Waals surface area contributed by atoms with Crippen LogP contribution in [0.2, 0.25) is 0 Å². The summed E-state index contributed by atoms with van der Waals surface area (Å²) in [5.41, 5.74) is 2.83. The number of carbonyl (C=O) groups is 2. The lowest BCUT2D eigenvalue weighted by molar-refractivity contribution is -0.148. The van der Waals surface area contributed by atoms with Crippen LogP contribution in [0, 0.1) is 5.92 Å². The molecule has 1 amide bonds. The van der Waals surface area contributed by atoms with Crippen molar-refractivity contribution < 1.29 is 19.1 Å². The molecule has 1 saturated heterocycles. The van der Waals surface area contributed by atoms with Gasteiger partial charge in [-0.1, -0.05) is 23.9 Å². The number of fused-ring (bicyclic) bond motifs is 1. The van der Waals surface area contributed by atoms with Gasteiger partial charge in [0.15, 0.2) is 5.16 Å². The van der Waals surface area contributed by atoms with Gasteiger partial charge in [0.1, 0.15) is 5.75 Å². The van der Waals surface area contributed by atoms with Crippen LogP contribution >= 0.6 is 11.8 Å². The Balaban J connectivity index is 1.50. The molecular formula is C23H25N3O4S. The van der Waals surface area contributed by atoms with Gasteiger partial charge in [-0.15, -0.1) is 0 Å². The van der Waals surface area contributed by atoms with Crippen LogP contribution in [0.25, 0.3) is 16.7 Å². The van der Waals surface area contributed by atoms with Gasteiger partial charge < -0.3 is 14.4 Å². The number of piperidine rings is 1. The number of hydrogen-bond donors (Lipinski definition) is 0. The first-order valence-electron chi connectivity index (χ1n) is 10.2. The highest BCUT2D eigenvalue weighted by molar-refractivity contribution is 7.99.